The van der Waals surface area contributed by atoms with Crippen LogP contribution in [0.15, 0.2) is 71.6 Å². The third-order valence-corrected chi connectivity index (χ3v) is 9.27. The van der Waals surface area contributed by atoms with Crippen molar-refractivity contribution >= 4 is 73.9 Å². The van der Waals surface area contributed by atoms with Crippen LogP contribution in [0.25, 0.3) is 0 Å². The van der Waals surface area contributed by atoms with Crippen LogP contribution in [0.5, 0.6) is 0 Å². The Morgan fingerprint density at radius 3 is 2.23 bits per heavy atom. The fourth-order valence-corrected chi connectivity index (χ4v) is 6.40. The molecule has 0 saturated carbocycles. The van der Waals surface area contributed by atoms with Gasteiger partial charge in [-0.25, -0.2) is 8.42 Å². The summed E-state index contributed by atoms with van der Waals surface area (Å²) in [6.45, 7) is 3.39. The number of carbonyl (C=O) groups is 2. The molecule has 0 fully saturated rings. The molecular weight excluding hydrogens is 616 g/mol. The number of carbonyl (C=O) groups excluding carboxylic acids is 2. The molecule has 3 rings (SSSR count). The van der Waals surface area contributed by atoms with E-state index in [0.717, 1.165) is 4.31 Å². The first-order chi connectivity index (χ1) is 19.0. The molecule has 0 aliphatic rings. The summed E-state index contributed by atoms with van der Waals surface area (Å²) in [7, 11) is -4.28. The van der Waals surface area contributed by atoms with Gasteiger partial charge in [0, 0.05) is 23.1 Å². The van der Waals surface area contributed by atoms with Gasteiger partial charge in [-0.1, -0.05) is 90.6 Å². The van der Waals surface area contributed by atoms with E-state index in [9.17, 15) is 18.0 Å². The van der Waals surface area contributed by atoms with Crippen LogP contribution in [0.2, 0.25) is 20.1 Å². The highest BCUT2D eigenvalue weighted by Crippen LogP contribution is 2.35. The van der Waals surface area contributed by atoms with Gasteiger partial charge in [0.25, 0.3) is 10.0 Å². The number of hydrogen-bond donors (Lipinski definition) is 1. The summed E-state index contributed by atoms with van der Waals surface area (Å²) in [6.07, 6.45) is 0.978. The van der Waals surface area contributed by atoms with Gasteiger partial charge in [-0.15, -0.1) is 0 Å². The number of hydrogen-bond acceptors (Lipinski definition) is 4. The van der Waals surface area contributed by atoms with Crippen LogP contribution in [-0.2, 0) is 26.2 Å². The predicted molar refractivity (Wildman–Crippen MR) is 162 cm³/mol. The molecule has 2 amide bonds. The van der Waals surface area contributed by atoms with Crippen LogP contribution in [0.4, 0.5) is 5.69 Å². The summed E-state index contributed by atoms with van der Waals surface area (Å²) in [5.74, 6) is -0.999. The average molecular weight is 645 g/mol. The predicted octanol–water partition coefficient (Wildman–Crippen LogP) is 6.83. The number of anilines is 1. The average Bonchev–Trinajstić information content (AvgIpc) is 2.93. The van der Waals surface area contributed by atoms with Gasteiger partial charge in [-0.05, 0) is 54.8 Å². The zero-order valence-electron chi connectivity index (χ0n) is 21.9. The Bertz CT molecular complexity index is 1460. The van der Waals surface area contributed by atoms with E-state index >= 15 is 0 Å². The minimum Gasteiger partial charge on any atom is -0.354 e. The number of nitrogens with one attached hydrogen (secondary N) is 1. The van der Waals surface area contributed by atoms with Gasteiger partial charge in [0.05, 0.1) is 20.6 Å². The maximum Gasteiger partial charge on any atom is 0.264 e. The van der Waals surface area contributed by atoms with Crippen LogP contribution >= 0.6 is 46.4 Å². The van der Waals surface area contributed by atoms with E-state index in [1.165, 1.54) is 35.2 Å². The van der Waals surface area contributed by atoms with Gasteiger partial charge in [0.1, 0.15) is 12.6 Å². The molecule has 7 nitrogen and oxygen atoms in total. The Labute approximate surface area is 255 Å². The number of halogens is 4. The zero-order valence-corrected chi connectivity index (χ0v) is 25.8. The van der Waals surface area contributed by atoms with Crippen LogP contribution in [0.3, 0.4) is 0 Å². The lowest BCUT2D eigenvalue weighted by molar-refractivity contribution is -0.140. The molecule has 0 bridgehead atoms. The lowest BCUT2D eigenvalue weighted by atomic mass is 10.1. The molecule has 0 radical (unpaired) electrons. The second-order valence-electron chi connectivity index (χ2n) is 8.87. The molecule has 0 spiro atoms. The van der Waals surface area contributed by atoms with E-state index in [1.807, 2.05) is 6.92 Å². The van der Waals surface area contributed by atoms with Crippen molar-refractivity contribution in [1.29, 1.82) is 0 Å². The van der Waals surface area contributed by atoms with Gasteiger partial charge in [-0.2, -0.15) is 0 Å². The Morgan fingerprint density at radius 2 is 1.60 bits per heavy atom. The van der Waals surface area contributed by atoms with E-state index in [4.69, 9.17) is 46.4 Å². The highest BCUT2D eigenvalue weighted by atomic mass is 35.5. The largest absolute Gasteiger partial charge is 0.354 e. The molecule has 40 heavy (non-hydrogen) atoms. The van der Waals surface area contributed by atoms with E-state index in [-0.39, 0.29) is 39.5 Å². The van der Waals surface area contributed by atoms with Crippen LogP contribution in [0.1, 0.15) is 32.3 Å². The van der Waals surface area contributed by atoms with E-state index in [0.29, 0.717) is 28.6 Å². The van der Waals surface area contributed by atoms with E-state index < -0.39 is 28.5 Å². The van der Waals surface area contributed by atoms with Crippen LogP contribution in [-0.4, -0.2) is 44.3 Å². The lowest BCUT2D eigenvalue weighted by Gasteiger charge is -2.33. The molecule has 1 N–H and O–H groups in total. The number of rotatable bonds is 12. The molecule has 12 heteroatoms. The minimum atomic E-state index is -4.28. The molecule has 214 valence electrons. The standard InChI is InChI=1S/C28H29Cl4N3O4S/c1-3-15-33-28(37)24(4-2)34(17-19-13-14-20(29)16-23(19)31)26(36)18-35(25-12-8-11-22(30)27(25)32)40(38,39)21-9-6-5-7-10-21/h5-14,16,24H,3-4,15,17-18H2,1-2H3,(H,33,37)/t24-/m1/s1. The lowest BCUT2D eigenvalue weighted by Crippen LogP contribution is -2.52. The Balaban J connectivity index is 2.10. The number of benzene rings is 3. The molecule has 0 unspecified atom stereocenters. The van der Waals surface area contributed by atoms with E-state index in [1.54, 1.807) is 43.3 Å². The fourth-order valence-electron chi connectivity index (χ4n) is 4.04. The SMILES string of the molecule is CCCNC(=O)[C@@H](CC)N(Cc1ccc(Cl)cc1Cl)C(=O)CN(c1cccc(Cl)c1Cl)S(=O)(=O)c1ccccc1. The molecule has 0 aromatic heterocycles. The number of amides is 2. The number of nitrogens with zero attached hydrogens (tertiary/aromatic N) is 2. The zero-order chi connectivity index (χ0) is 29.4. The highest BCUT2D eigenvalue weighted by Gasteiger charge is 2.34. The maximum absolute atomic E-state index is 14.1. The maximum atomic E-state index is 14.1. The van der Waals surface area contributed by atoms with Gasteiger partial charge < -0.3 is 10.2 Å². The second-order valence-corrected chi connectivity index (χ2v) is 12.4. The van der Waals surface area contributed by atoms with Gasteiger partial charge in [0.15, 0.2) is 0 Å². The molecule has 3 aromatic carbocycles. The minimum absolute atomic E-state index is 0.0272. The van der Waals surface area contributed by atoms with E-state index in [2.05, 4.69) is 5.32 Å². The summed E-state index contributed by atoms with van der Waals surface area (Å²) >= 11 is 25.2. The molecule has 0 heterocycles. The Hall–Kier alpha value is -2.49. The normalized spacial score (nSPS) is 12.1. The van der Waals surface area contributed by atoms with Crippen molar-refractivity contribution in [2.75, 3.05) is 17.4 Å². The van der Waals surface area contributed by atoms with Crippen LogP contribution < -0.4 is 9.62 Å². The third-order valence-electron chi connectivity index (χ3n) is 6.10. The molecule has 3 aromatic rings. The van der Waals surface area contributed by atoms with Crippen molar-refractivity contribution in [3.05, 3.63) is 92.4 Å². The first kappa shape index (κ1) is 32.0. The molecule has 0 aliphatic heterocycles. The summed E-state index contributed by atoms with van der Waals surface area (Å²) in [5, 5.41) is 3.64. The Morgan fingerprint density at radius 1 is 0.900 bits per heavy atom. The topological polar surface area (TPSA) is 86.8 Å². The summed E-state index contributed by atoms with van der Waals surface area (Å²) in [6, 6.07) is 16.1. The van der Waals surface area contributed by atoms with Crippen molar-refractivity contribution in [3.8, 4) is 0 Å². The monoisotopic (exact) mass is 643 g/mol. The second kappa shape index (κ2) is 14.4. The van der Waals surface area contributed by atoms with Gasteiger partial charge in [0.2, 0.25) is 11.8 Å². The third kappa shape index (κ3) is 7.62. The molecule has 0 aliphatic carbocycles. The summed E-state index contributed by atoms with van der Waals surface area (Å²) in [5.41, 5.74) is 0.568. The van der Waals surface area contributed by atoms with Crippen molar-refractivity contribution in [1.82, 2.24) is 10.2 Å². The van der Waals surface area contributed by atoms with Crippen molar-refractivity contribution in [3.63, 3.8) is 0 Å². The summed E-state index contributed by atoms with van der Waals surface area (Å²) < 4.78 is 28.6. The van der Waals surface area contributed by atoms with Gasteiger partial charge in [-0.3, -0.25) is 13.9 Å². The number of sulfonamides is 1. The highest BCUT2D eigenvalue weighted by molar-refractivity contribution is 7.92. The van der Waals surface area contributed by atoms with Crippen molar-refractivity contribution < 1.29 is 18.0 Å². The first-order valence-electron chi connectivity index (χ1n) is 12.5. The van der Waals surface area contributed by atoms with Gasteiger partial charge >= 0.3 is 0 Å². The first-order valence-corrected chi connectivity index (χ1v) is 15.5. The van der Waals surface area contributed by atoms with Crippen molar-refractivity contribution in [2.24, 2.45) is 0 Å². The molecule has 0 saturated heterocycles. The summed E-state index contributed by atoms with van der Waals surface area (Å²) in [4.78, 5) is 28.5. The van der Waals surface area contributed by atoms with Crippen LogP contribution in [0, 0.1) is 0 Å². The Kier molecular flexibility index (Phi) is 11.5. The quantitative estimate of drug-likeness (QED) is 0.234. The molecule has 1 atom stereocenters. The van der Waals surface area contributed by atoms with Crippen molar-refractivity contribution in [2.45, 2.75) is 44.2 Å². The molecular formula is C28H29Cl4N3O4S. The smallest absolute Gasteiger partial charge is 0.264 e. The fraction of sp³-hybridized carbons (Fsp3) is 0.286.